The highest BCUT2D eigenvalue weighted by molar-refractivity contribution is 5.43. The number of nitro groups is 1. The smallest absolute Gasteiger partial charge is 0.270 e. The molecule has 0 radical (unpaired) electrons. The lowest BCUT2D eigenvalue weighted by Gasteiger charge is -2.11. The normalized spacial score (nSPS) is 10.5. The Kier molecular flexibility index (Phi) is 7.78. The topological polar surface area (TPSA) is 95.8 Å². The molecule has 1 aromatic carbocycles. The lowest BCUT2D eigenvalue weighted by atomic mass is 10.1. The van der Waals surface area contributed by atoms with Crippen LogP contribution >= 0.6 is 0 Å². The van der Waals surface area contributed by atoms with Crippen molar-refractivity contribution in [2.45, 2.75) is 20.0 Å². The molecular weight excluding hydrogens is 338 g/mol. The van der Waals surface area contributed by atoms with Crippen LogP contribution in [0.5, 0.6) is 11.6 Å². The Balaban J connectivity index is 1.92. The van der Waals surface area contributed by atoms with Crippen LogP contribution in [0.3, 0.4) is 0 Å². The van der Waals surface area contributed by atoms with Crippen molar-refractivity contribution in [3.8, 4) is 11.6 Å². The van der Waals surface area contributed by atoms with Crippen LogP contribution in [0.4, 0.5) is 5.69 Å². The van der Waals surface area contributed by atoms with Crippen LogP contribution in [-0.2, 0) is 17.8 Å². The van der Waals surface area contributed by atoms with Crippen LogP contribution in [0.15, 0.2) is 36.5 Å². The molecule has 8 heteroatoms. The Morgan fingerprint density at radius 1 is 1.15 bits per heavy atom. The number of hydrogen-bond acceptors (Lipinski definition) is 7. The fourth-order valence-electron chi connectivity index (χ4n) is 2.29. The van der Waals surface area contributed by atoms with Crippen molar-refractivity contribution in [2.75, 3.05) is 26.9 Å². The zero-order valence-corrected chi connectivity index (χ0v) is 14.9. The Labute approximate surface area is 152 Å². The summed E-state index contributed by atoms with van der Waals surface area (Å²) in [5, 5.41) is 14.2. The summed E-state index contributed by atoms with van der Waals surface area (Å²) in [6.45, 7) is 4.35. The van der Waals surface area contributed by atoms with Gasteiger partial charge >= 0.3 is 0 Å². The number of ether oxygens (including phenoxy) is 3. The molecule has 0 atom stereocenters. The van der Waals surface area contributed by atoms with E-state index in [0.29, 0.717) is 44.5 Å². The van der Waals surface area contributed by atoms with Gasteiger partial charge in [0.15, 0.2) is 0 Å². The van der Waals surface area contributed by atoms with Crippen molar-refractivity contribution < 1.29 is 19.1 Å². The molecule has 1 aromatic heterocycles. The number of aromatic nitrogens is 1. The summed E-state index contributed by atoms with van der Waals surface area (Å²) in [4.78, 5) is 14.8. The highest BCUT2D eigenvalue weighted by Crippen LogP contribution is 2.24. The van der Waals surface area contributed by atoms with Crippen LogP contribution in [-0.4, -0.2) is 36.8 Å². The van der Waals surface area contributed by atoms with Gasteiger partial charge in [0.25, 0.3) is 5.69 Å². The molecule has 0 saturated carbocycles. The Morgan fingerprint density at radius 2 is 2.00 bits per heavy atom. The molecule has 1 N–H and O–H groups in total. The first-order valence-corrected chi connectivity index (χ1v) is 8.31. The van der Waals surface area contributed by atoms with Crippen LogP contribution in [0.1, 0.15) is 18.1 Å². The van der Waals surface area contributed by atoms with Gasteiger partial charge in [0.05, 0.1) is 18.1 Å². The molecule has 0 fully saturated rings. The molecule has 0 aliphatic rings. The lowest BCUT2D eigenvalue weighted by molar-refractivity contribution is -0.384. The van der Waals surface area contributed by atoms with E-state index >= 15 is 0 Å². The van der Waals surface area contributed by atoms with E-state index in [1.807, 2.05) is 13.0 Å². The Hall–Kier alpha value is -2.71. The molecule has 0 amide bonds. The molecule has 2 rings (SSSR count). The van der Waals surface area contributed by atoms with Crippen molar-refractivity contribution in [3.05, 3.63) is 57.8 Å². The average Bonchev–Trinajstić information content (AvgIpc) is 2.64. The zero-order chi connectivity index (χ0) is 18.8. The third kappa shape index (κ3) is 5.98. The largest absolute Gasteiger partial charge is 0.494 e. The second kappa shape index (κ2) is 10.3. The maximum Gasteiger partial charge on any atom is 0.270 e. The highest BCUT2D eigenvalue weighted by Gasteiger charge is 2.11. The minimum Gasteiger partial charge on any atom is -0.494 e. The summed E-state index contributed by atoms with van der Waals surface area (Å²) < 4.78 is 15.9. The standard InChI is InChI=1S/C18H23N3O5/c1-3-25-17-6-5-16(21(22)23)10-15(17)13-19-11-14-4-7-18(20-12-14)26-9-8-24-2/h4-7,10,12,19H,3,8-9,11,13H2,1-2H3. The molecule has 0 unspecified atom stereocenters. The van der Waals surface area contributed by atoms with Gasteiger partial charge in [-0.05, 0) is 18.6 Å². The van der Waals surface area contributed by atoms with Gasteiger partial charge in [-0.15, -0.1) is 0 Å². The lowest BCUT2D eigenvalue weighted by Crippen LogP contribution is -2.14. The van der Waals surface area contributed by atoms with E-state index in [9.17, 15) is 10.1 Å². The molecule has 0 bridgehead atoms. The highest BCUT2D eigenvalue weighted by atomic mass is 16.6. The number of pyridine rings is 1. The summed E-state index contributed by atoms with van der Waals surface area (Å²) in [6.07, 6.45) is 1.73. The quantitative estimate of drug-likeness (QED) is 0.373. The van der Waals surface area contributed by atoms with Crippen molar-refractivity contribution in [1.82, 2.24) is 10.3 Å². The van der Waals surface area contributed by atoms with E-state index in [0.717, 1.165) is 11.1 Å². The maximum absolute atomic E-state index is 11.0. The molecule has 2 aromatic rings. The van der Waals surface area contributed by atoms with Crippen LogP contribution in [0.25, 0.3) is 0 Å². The van der Waals surface area contributed by atoms with Crippen LogP contribution in [0, 0.1) is 10.1 Å². The molecule has 1 heterocycles. The number of nitrogens with zero attached hydrogens (tertiary/aromatic N) is 2. The molecule has 0 aliphatic carbocycles. The van der Waals surface area contributed by atoms with E-state index in [4.69, 9.17) is 14.2 Å². The van der Waals surface area contributed by atoms with Crippen LogP contribution in [0.2, 0.25) is 0 Å². The van der Waals surface area contributed by atoms with E-state index in [1.54, 1.807) is 25.4 Å². The molecule has 26 heavy (non-hydrogen) atoms. The predicted octanol–water partition coefficient (Wildman–Crippen LogP) is 2.70. The predicted molar refractivity (Wildman–Crippen MR) is 96.4 cm³/mol. The summed E-state index contributed by atoms with van der Waals surface area (Å²) in [5.41, 5.74) is 1.77. The molecule has 140 valence electrons. The minimum absolute atomic E-state index is 0.0458. The maximum atomic E-state index is 11.0. The zero-order valence-electron chi connectivity index (χ0n) is 14.9. The van der Waals surface area contributed by atoms with Crippen molar-refractivity contribution in [2.24, 2.45) is 0 Å². The Morgan fingerprint density at radius 3 is 2.65 bits per heavy atom. The summed E-state index contributed by atoms with van der Waals surface area (Å²) in [6, 6.07) is 8.32. The van der Waals surface area contributed by atoms with Gasteiger partial charge in [-0.25, -0.2) is 4.98 Å². The fraction of sp³-hybridized carbons (Fsp3) is 0.389. The first-order valence-electron chi connectivity index (χ1n) is 8.31. The van der Waals surface area contributed by atoms with Gasteiger partial charge in [-0.1, -0.05) is 6.07 Å². The summed E-state index contributed by atoms with van der Waals surface area (Å²) in [7, 11) is 1.61. The molecule has 8 nitrogen and oxygen atoms in total. The SMILES string of the molecule is CCOc1ccc([N+](=O)[O-])cc1CNCc1ccc(OCCOC)nc1. The molecule has 0 spiro atoms. The van der Waals surface area contributed by atoms with Gasteiger partial charge in [0, 0.05) is 50.2 Å². The monoisotopic (exact) mass is 361 g/mol. The number of methoxy groups -OCH3 is 1. The first-order chi connectivity index (χ1) is 12.6. The van der Waals surface area contributed by atoms with Gasteiger partial charge < -0.3 is 19.5 Å². The van der Waals surface area contributed by atoms with Gasteiger partial charge in [-0.2, -0.15) is 0 Å². The Bertz CT molecular complexity index is 706. The van der Waals surface area contributed by atoms with Gasteiger partial charge in [0.2, 0.25) is 5.88 Å². The summed E-state index contributed by atoms with van der Waals surface area (Å²) in [5.74, 6) is 1.19. The fourth-order valence-corrected chi connectivity index (χ4v) is 2.29. The second-order valence-corrected chi connectivity index (χ2v) is 5.43. The third-order valence-corrected chi connectivity index (χ3v) is 3.53. The van der Waals surface area contributed by atoms with Gasteiger partial charge in [-0.3, -0.25) is 10.1 Å². The van der Waals surface area contributed by atoms with Crippen molar-refractivity contribution >= 4 is 5.69 Å². The second-order valence-electron chi connectivity index (χ2n) is 5.43. The molecule has 0 aliphatic heterocycles. The van der Waals surface area contributed by atoms with E-state index in [2.05, 4.69) is 10.3 Å². The number of hydrogen-bond donors (Lipinski definition) is 1. The summed E-state index contributed by atoms with van der Waals surface area (Å²) >= 11 is 0. The average molecular weight is 361 g/mol. The van der Waals surface area contributed by atoms with Crippen LogP contribution < -0.4 is 14.8 Å². The van der Waals surface area contributed by atoms with E-state index in [1.165, 1.54) is 12.1 Å². The van der Waals surface area contributed by atoms with E-state index in [-0.39, 0.29) is 5.69 Å². The van der Waals surface area contributed by atoms with Gasteiger partial charge in [0.1, 0.15) is 12.4 Å². The first kappa shape index (κ1) is 19.6. The number of nitrogens with one attached hydrogen (secondary N) is 1. The van der Waals surface area contributed by atoms with E-state index < -0.39 is 4.92 Å². The number of rotatable bonds is 11. The molecular formula is C18H23N3O5. The van der Waals surface area contributed by atoms with Crippen molar-refractivity contribution in [1.29, 1.82) is 0 Å². The van der Waals surface area contributed by atoms with Crippen molar-refractivity contribution in [3.63, 3.8) is 0 Å². The number of non-ortho nitro benzene ring substituents is 1. The minimum atomic E-state index is -0.411. The third-order valence-electron chi connectivity index (χ3n) is 3.53. The molecule has 0 saturated heterocycles. The number of nitro benzene ring substituents is 1. The number of benzene rings is 1.